The van der Waals surface area contributed by atoms with Gasteiger partial charge in [-0.1, -0.05) is 23.7 Å². The van der Waals surface area contributed by atoms with Crippen molar-refractivity contribution in [3.05, 3.63) is 57.8 Å². The van der Waals surface area contributed by atoms with E-state index in [1.54, 1.807) is 30.3 Å². The molecule has 0 saturated carbocycles. The van der Waals surface area contributed by atoms with Gasteiger partial charge in [0.2, 0.25) is 0 Å². The Balaban J connectivity index is 2.29. The van der Waals surface area contributed by atoms with Crippen LogP contribution >= 0.6 is 11.6 Å². The molecule has 118 valence electrons. The lowest BCUT2D eigenvalue weighted by Gasteiger charge is -2.12. The first-order valence-corrected chi connectivity index (χ1v) is 7.00. The molecule has 4 nitrogen and oxygen atoms in total. The molecule has 0 fully saturated rings. The number of hydrogen-bond acceptors (Lipinski definition) is 3. The zero-order chi connectivity index (χ0) is 16.6. The van der Waals surface area contributed by atoms with E-state index in [0.717, 1.165) is 0 Å². The van der Waals surface area contributed by atoms with Crippen molar-refractivity contribution in [2.75, 3.05) is 5.73 Å². The fourth-order valence-corrected chi connectivity index (χ4v) is 2.59. The molecule has 0 bridgehead atoms. The van der Waals surface area contributed by atoms with Gasteiger partial charge in [-0.05, 0) is 35.9 Å². The molecule has 23 heavy (non-hydrogen) atoms. The van der Waals surface area contributed by atoms with Crippen molar-refractivity contribution in [1.29, 1.82) is 0 Å². The summed E-state index contributed by atoms with van der Waals surface area (Å²) >= 11 is 6.01. The molecule has 0 radical (unpaired) electrons. The Hall–Kier alpha value is -2.60. The summed E-state index contributed by atoms with van der Waals surface area (Å²) in [5.74, 6) is -0.0210. The van der Waals surface area contributed by atoms with Gasteiger partial charge in [0.15, 0.2) is 0 Å². The summed E-state index contributed by atoms with van der Waals surface area (Å²) < 4.78 is 29.2. The second-order valence-corrected chi connectivity index (χ2v) is 5.28. The highest BCUT2D eigenvalue weighted by Gasteiger charge is 2.14. The van der Waals surface area contributed by atoms with Crippen LogP contribution in [-0.4, -0.2) is 11.6 Å². The number of H-pyrrole nitrogens is 1. The van der Waals surface area contributed by atoms with Crippen LogP contribution in [0.4, 0.5) is 14.5 Å². The van der Waals surface area contributed by atoms with Gasteiger partial charge in [0.1, 0.15) is 11.4 Å². The molecule has 0 aliphatic carbocycles. The van der Waals surface area contributed by atoms with E-state index in [9.17, 15) is 13.6 Å². The van der Waals surface area contributed by atoms with E-state index in [-0.39, 0.29) is 11.4 Å². The Morgan fingerprint density at radius 1 is 1.17 bits per heavy atom. The lowest BCUT2D eigenvalue weighted by molar-refractivity contribution is -0.0498. The van der Waals surface area contributed by atoms with Gasteiger partial charge in [-0.2, -0.15) is 8.78 Å². The molecule has 0 amide bonds. The second kappa shape index (κ2) is 5.89. The average Bonchev–Trinajstić information content (AvgIpc) is 2.49. The zero-order valence-electron chi connectivity index (χ0n) is 11.6. The number of nitrogens with one attached hydrogen (secondary N) is 1. The number of pyridine rings is 1. The average molecular weight is 337 g/mol. The number of halogens is 3. The van der Waals surface area contributed by atoms with Gasteiger partial charge in [0.25, 0.3) is 5.56 Å². The number of rotatable bonds is 3. The molecule has 0 spiro atoms. The SMILES string of the molecule is Nc1c(-c2cccc(OC(F)F)c2)c2cc(Cl)ccc2[nH]c1=O. The first kappa shape index (κ1) is 15.3. The van der Waals surface area contributed by atoms with E-state index in [1.807, 2.05) is 0 Å². The molecular weight excluding hydrogens is 326 g/mol. The van der Waals surface area contributed by atoms with Crippen molar-refractivity contribution in [2.45, 2.75) is 6.61 Å². The van der Waals surface area contributed by atoms with E-state index in [2.05, 4.69) is 9.72 Å². The highest BCUT2D eigenvalue weighted by atomic mass is 35.5. The van der Waals surface area contributed by atoms with Gasteiger partial charge >= 0.3 is 6.61 Å². The minimum atomic E-state index is -2.94. The number of alkyl halides is 2. The van der Waals surface area contributed by atoms with Crippen molar-refractivity contribution in [3.63, 3.8) is 0 Å². The third-order valence-corrected chi connectivity index (χ3v) is 3.60. The fraction of sp³-hybridized carbons (Fsp3) is 0.0625. The normalized spacial score (nSPS) is 11.1. The number of benzene rings is 2. The number of anilines is 1. The van der Waals surface area contributed by atoms with Crippen molar-refractivity contribution >= 4 is 28.2 Å². The monoisotopic (exact) mass is 336 g/mol. The maximum Gasteiger partial charge on any atom is 0.387 e. The summed E-state index contributed by atoms with van der Waals surface area (Å²) in [5.41, 5.74) is 6.88. The highest BCUT2D eigenvalue weighted by Crippen LogP contribution is 2.34. The summed E-state index contributed by atoms with van der Waals surface area (Å²) in [6, 6.07) is 10.9. The summed E-state index contributed by atoms with van der Waals surface area (Å²) in [4.78, 5) is 14.7. The Morgan fingerprint density at radius 2 is 1.96 bits per heavy atom. The molecule has 7 heteroatoms. The minimum absolute atomic E-state index is 0.0195. The topological polar surface area (TPSA) is 68.1 Å². The maximum atomic E-state index is 12.4. The number of hydrogen-bond donors (Lipinski definition) is 2. The Labute approximate surface area is 134 Å². The van der Waals surface area contributed by atoms with Crippen LogP contribution in [0.3, 0.4) is 0 Å². The van der Waals surface area contributed by atoms with Gasteiger partial charge in [0, 0.05) is 21.5 Å². The predicted octanol–water partition coefficient (Wildman–Crippen LogP) is 4.03. The molecule has 0 unspecified atom stereocenters. The maximum absolute atomic E-state index is 12.4. The van der Waals surface area contributed by atoms with Crippen molar-refractivity contribution in [1.82, 2.24) is 4.98 Å². The zero-order valence-corrected chi connectivity index (χ0v) is 12.4. The van der Waals surface area contributed by atoms with Crippen LogP contribution in [0.25, 0.3) is 22.0 Å². The van der Waals surface area contributed by atoms with Crippen LogP contribution in [-0.2, 0) is 0 Å². The Morgan fingerprint density at radius 3 is 2.70 bits per heavy atom. The van der Waals surface area contributed by atoms with E-state index < -0.39 is 12.2 Å². The third kappa shape index (κ3) is 2.98. The molecule has 1 aromatic heterocycles. The molecule has 3 N–H and O–H groups in total. The van der Waals surface area contributed by atoms with E-state index >= 15 is 0 Å². The predicted molar refractivity (Wildman–Crippen MR) is 86.1 cm³/mol. The second-order valence-electron chi connectivity index (χ2n) is 4.84. The van der Waals surface area contributed by atoms with Gasteiger partial charge in [-0.25, -0.2) is 0 Å². The molecule has 3 rings (SSSR count). The summed E-state index contributed by atoms with van der Waals surface area (Å²) in [6.45, 7) is -2.94. The first-order valence-electron chi connectivity index (χ1n) is 6.62. The summed E-state index contributed by atoms with van der Waals surface area (Å²) in [5, 5.41) is 1.08. The molecule has 0 atom stereocenters. The highest BCUT2D eigenvalue weighted by molar-refractivity contribution is 6.31. The molecule has 1 heterocycles. The molecular formula is C16H11ClF2N2O2. The van der Waals surface area contributed by atoms with Crippen molar-refractivity contribution in [2.24, 2.45) is 0 Å². The summed E-state index contributed by atoms with van der Waals surface area (Å²) in [6.07, 6.45) is 0. The van der Waals surface area contributed by atoms with Crippen molar-refractivity contribution in [3.8, 4) is 16.9 Å². The third-order valence-electron chi connectivity index (χ3n) is 3.36. The Bertz CT molecular complexity index is 941. The minimum Gasteiger partial charge on any atom is -0.435 e. The molecule has 0 aliphatic rings. The molecule has 3 aromatic rings. The fourth-order valence-electron chi connectivity index (χ4n) is 2.42. The first-order chi connectivity index (χ1) is 11.0. The number of nitrogen functional groups attached to an aromatic ring is 1. The summed E-state index contributed by atoms with van der Waals surface area (Å²) in [7, 11) is 0. The molecule has 2 aromatic carbocycles. The van der Waals surface area contributed by atoms with Crippen LogP contribution in [0.2, 0.25) is 5.02 Å². The van der Waals surface area contributed by atoms with E-state index in [0.29, 0.717) is 27.1 Å². The number of ether oxygens (including phenoxy) is 1. The van der Waals surface area contributed by atoms with E-state index in [1.165, 1.54) is 12.1 Å². The van der Waals surface area contributed by atoms with Crippen molar-refractivity contribution < 1.29 is 13.5 Å². The molecule has 0 aliphatic heterocycles. The van der Waals surface area contributed by atoms with Crippen LogP contribution in [0, 0.1) is 0 Å². The number of aromatic nitrogens is 1. The van der Waals surface area contributed by atoms with Crippen LogP contribution < -0.4 is 16.0 Å². The lowest BCUT2D eigenvalue weighted by atomic mass is 9.99. The van der Waals surface area contributed by atoms with E-state index in [4.69, 9.17) is 17.3 Å². The molecule has 0 saturated heterocycles. The number of fused-ring (bicyclic) bond motifs is 1. The number of aromatic amines is 1. The standard InChI is InChI=1S/C16H11ClF2N2O2/c17-9-4-5-12-11(7-9)13(14(20)15(22)21-12)8-2-1-3-10(6-8)23-16(18)19/h1-7,16H,20H2,(H,21,22). The largest absolute Gasteiger partial charge is 0.435 e. The van der Waals surface area contributed by atoms with Gasteiger partial charge < -0.3 is 15.5 Å². The number of nitrogens with two attached hydrogens (primary N) is 1. The van der Waals surface area contributed by atoms with Crippen LogP contribution in [0.1, 0.15) is 0 Å². The van der Waals surface area contributed by atoms with Gasteiger partial charge in [0.05, 0.1) is 0 Å². The van der Waals surface area contributed by atoms with Crippen LogP contribution in [0.15, 0.2) is 47.3 Å². The van der Waals surface area contributed by atoms with Gasteiger partial charge in [-0.15, -0.1) is 0 Å². The Kier molecular flexibility index (Phi) is 3.92. The lowest BCUT2D eigenvalue weighted by Crippen LogP contribution is -2.13. The smallest absolute Gasteiger partial charge is 0.387 e. The van der Waals surface area contributed by atoms with Crippen LogP contribution in [0.5, 0.6) is 5.75 Å². The quantitative estimate of drug-likeness (QED) is 0.758. The van der Waals surface area contributed by atoms with Gasteiger partial charge in [-0.3, -0.25) is 4.79 Å².